The van der Waals surface area contributed by atoms with Crippen LogP contribution in [0.3, 0.4) is 0 Å². The fourth-order valence-electron chi connectivity index (χ4n) is 8.76. The molecule has 0 aromatic heterocycles. The van der Waals surface area contributed by atoms with Crippen LogP contribution in [0.1, 0.15) is 18.1 Å². The zero-order valence-corrected chi connectivity index (χ0v) is 31.3. The quantitative estimate of drug-likeness (QED) is 0.117. The van der Waals surface area contributed by atoms with Crippen molar-refractivity contribution in [2.24, 2.45) is 0 Å². The number of benzene rings is 10. The van der Waals surface area contributed by atoms with Gasteiger partial charge in [0.05, 0.1) is 5.69 Å². The number of hydrogen-bond acceptors (Lipinski definition) is 1. The van der Waals surface area contributed by atoms with Gasteiger partial charge in [-0.15, -0.1) is 0 Å². The average molecular weight is 714 g/mol. The molecular formula is C55H39N. The van der Waals surface area contributed by atoms with Crippen LogP contribution in [-0.4, -0.2) is 0 Å². The molecule has 10 aromatic carbocycles. The van der Waals surface area contributed by atoms with E-state index >= 15 is 0 Å². The van der Waals surface area contributed by atoms with E-state index in [2.05, 4.69) is 219 Å². The Morgan fingerprint density at radius 2 is 0.839 bits per heavy atom. The highest BCUT2D eigenvalue weighted by molar-refractivity contribution is 6.15. The minimum Gasteiger partial charge on any atom is -0.310 e. The molecule has 0 atom stereocenters. The predicted molar refractivity (Wildman–Crippen MR) is 244 cm³/mol. The minimum absolute atomic E-state index is 1.09. The maximum absolute atomic E-state index is 4.27. The van der Waals surface area contributed by atoms with Crippen molar-refractivity contribution < 1.29 is 0 Å². The summed E-state index contributed by atoms with van der Waals surface area (Å²) in [5.74, 6) is 0. The van der Waals surface area contributed by atoms with Gasteiger partial charge in [-0.2, -0.15) is 0 Å². The lowest BCUT2D eigenvalue weighted by Crippen LogP contribution is -2.10. The summed E-state index contributed by atoms with van der Waals surface area (Å²) in [4.78, 5) is 2.42. The first-order valence-corrected chi connectivity index (χ1v) is 19.3. The third-order valence-corrected chi connectivity index (χ3v) is 11.3. The highest BCUT2D eigenvalue weighted by atomic mass is 15.1. The van der Waals surface area contributed by atoms with E-state index < -0.39 is 0 Å². The number of nitrogens with zero attached hydrogens (tertiary/aromatic N) is 1. The molecule has 0 aliphatic rings. The Bertz CT molecular complexity index is 3090. The van der Waals surface area contributed by atoms with E-state index in [0.29, 0.717) is 0 Å². The second-order valence-corrected chi connectivity index (χ2v) is 14.5. The first-order valence-electron chi connectivity index (χ1n) is 19.3. The van der Waals surface area contributed by atoms with Crippen LogP contribution < -0.4 is 4.90 Å². The number of anilines is 3. The summed E-state index contributed by atoms with van der Waals surface area (Å²) in [5, 5.41) is 12.4. The monoisotopic (exact) mass is 713 g/mol. The molecule has 264 valence electrons. The van der Waals surface area contributed by atoms with Gasteiger partial charge in [-0.1, -0.05) is 170 Å². The molecule has 0 spiro atoms. The lowest BCUT2D eigenvalue weighted by atomic mass is 9.89. The van der Waals surface area contributed by atoms with Gasteiger partial charge < -0.3 is 4.90 Å². The molecule has 0 heterocycles. The van der Waals surface area contributed by atoms with Gasteiger partial charge in [-0.25, -0.2) is 0 Å². The topological polar surface area (TPSA) is 3.24 Å². The van der Waals surface area contributed by atoms with E-state index in [-0.39, 0.29) is 0 Å². The molecular weight excluding hydrogens is 675 g/mol. The average Bonchev–Trinajstić information content (AvgIpc) is 3.26. The van der Waals surface area contributed by atoms with Crippen LogP contribution >= 0.6 is 0 Å². The van der Waals surface area contributed by atoms with E-state index in [1.807, 2.05) is 6.08 Å². The van der Waals surface area contributed by atoms with Gasteiger partial charge in [0.25, 0.3) is 0 Å². The van der Waals surface area contributed by atoms with E-state index in [9.17, 15) is 0 Å². The Balaban J connectivity index is 1.18. The Hall–Kier alpha value is -7.22. The van der Waals surface area contributed by atoms with Gasteiger partial charge in [-0.3, -0.25) is 0 Å². The van der Waals surface area contributed by atoms with Crippen LogP contribution in [-0.2, 0) is 0 Å². The van der Waals surface area contributed by atoms with E-state index in [1.54, 1.807) is 0 Å². The standard InChI is InChI=1S/C55H39N/c1-3-15-39-34-40-16-6-10-21-48(40)54(46(39)4-2)37-26-30-44(31-27-37)56(53-36-43-19-5-9-20-47(43)51-24-13-14-25-52(51)53)45-32-28-38(29-33-45)55-49-22-11-7-17-41(49)35-42-18-8-12-23-50(42)55/h3-36H,2H2,1H3/b15-3-. The Morgan fingerprint density at radius 1 is 0.411 bits per heavy atom. The summed E-state index contributed by atoms with van der Waals surface area (Å²) >= 11 is 0. The maximum Gasteiger partial charge on any atom is 0.0546 e. The molecule has 0 saturated heterocycles. The summed E-state index contributed by atoms with van der Waals surface area (Å²) in [6.45, 7) is 6.33. The summed E-state index contributed by atoms with van der Waals surface area (Å²) in [6.07, 6.45) is 6.28. The number of hydrogen-bond donors (Lipinski definition) is 0. The summed E-state index contributed by atoms with van der Waals surface area (Å²) in [6, 6.07) is 68.8. The molecule has 0 radical (unpaired) electrons. The zero-order valence-electron chi connectivity index (χ0n) is 31.3. The molecule has 0 amide bonds. The third kappa shape index (κ3) is 5.56. The van der Waals surface area contributed by atoms with Crippen LogP contribution in [0.15, 0.2) is 201 Å². The first-order chi connectivity index (χ1) is 27.7. The molecule has 0 fully saturated rings. The van der Waals surface area contributed by atoms with E-state index in [4.69, 9.17) is 0 Å². The van der Waals surface area contributed by atoms with Crippen LogP contribution in [0.4, 0.5) is 17.1 Å². The molecule has 0 bridgehead atoms. The smallest absolute Gasteiger partial charge is 0.0546 e. The molecule has 0 saturated carbocycles. The molecule has 1 nitrogen and oxygen atoms in total. The first kappa shape index (κ1) is 33.4. The van der Waals surface area contributed by atoms with Gasteiger partial charge in [0.15, 0.2) is 0 Å². The van der Waals surface area contributed by atoms with Crippen LogP contribution in [0, 0.1) is 0 Å². The fraction of sp³-hybridized carbons (Fsp3) is 0.0182. The lowest BCUT2D eigenvalue weighted by Gasteiger charge is -2.28. The van der Waals surface area contributed by atoms with Crippen LogP contribution in [0.5, 0.6) is 0 Å². The third-order valence-electron chi connectivity index (χ3n) is 11.3. The molecule has 0 unspecified atom stereocenters. The van der Waals surface area contributed by atoms with E-state index in [1.165, 1.54) is 76.1 Å². The van der Waals surface area contributed by atoms with Gasteiger partial charge in [0.1, 0.15) is 0 Å². The second kappa shape index (κ2) is 13.9. The van der Waals surface area contributed by atoms with Crippen molar-refractivity contribution in [3.63, 3.8) is 0 Å². The summed E-state index contributed by atoms with van der Waals surface area (Å²) in [5.41, 5.74) is 10.5. The number of fused-ring (bicyclic) bond motifs is 6. The minimum atomic E-state index is 1.09. The Morgan fingerprint density at radius 3 is 1.38 bits per heavy atom. The molecule has 0 aliphatic carbocycles. The van der Waals surface area contributed by atoms with Crippen LogP contribution in [0.25, 0.3) is 88.3 Å². The normalized spacial score (nSPS) is 11.7. The maximum atomic E-state index is 4.27. The SMILES string of the molecule is C=Cc1c(/C=C\C)cc2ccccc2c1-c1ccc(N(c2ccc(-c3c4ccccc4cc4ccccc34)cc2)c2cc3ccccc3c3ccccc23)cc1. The summed E-state index contributed by atoms with van der Waals surface area (Å²) < 4.78 is 0. The van der Waals surface area contributed by atoms with Crippen molar-refractivity contribution in [2.45, 2.75) is 6.92 Å². The van der Waals surface area contributed by atoms with Gasteiger partial charge in [0, 0.05) is 16.8 Å². The number of rotatable bonds is 7. The molecule has 1 heteroatoms. The highest BCUT2D eigenvalue weighted by Crippen LogP contribution is 2.45. The van der Waals surface area contributed by atoms with E-state index in [0.717, 1.165) is 28.2 Å². The molecule has 10 aromatic rings. The van der Waals surface area contributed by atoms with Gasteiger partial charge >= 0.3 is 0 Å². The van der Waals surface area contributed by atoms with Crippen molar-refractivity contribution in [1.29, 1.82) is 0 Å². The summed E-state index contributed by atoms with van der Waals surface area (Å²) in [7, 11) is 0. The van der Waals surface area contributed by atoms with Gasteiger partial charge in [0.2, 0.25) is 0 Å². The Labute approximate surface area is 327 Å². The molecule has 56 heavy (non-hydrogen) atoms. The largest absolute Gasteiger partial charge is 0.310 e. The van der Waals surface area contributed by atoms with Crippen LogP contribution in [0.2, 0.25) is 0 Å². The van der Waals surface area contributed by atoms with Crippen molar-refractivity contribution in [1.82, 2.24) is 0 Å². The van der Waals surface area contributed by atoms with Crippen molar-refractivity contribution >= 4 is 83.1 Å². The van der Waals surface area contributed by atoms with Crippen molar-refractivity contribution in [2.75, 3.05) is 4.90 Å². The van der Waals surface area contributed by atoms with Gasteiger partial charge in [-0.05, 0) is 131 Å². The molecule has 10 rings (SSSR count). The predicted octanol–water partition coefficient (Wildman–Crippen LogP) is 15.9. The fourth-order valence-corrected chi connectivity index (χ4v) is 8.76. The number of allylic oxidation sites excluding steroid dienone is 1. The van der Waals surface area contributed by atoms with Crippen molar-refractivity contribution in [3.05, 3.63) is 212 Å². The highest BCUT2D eigenvalue weighted by Gasteiger charge is 2.20. The lowest BCUT2D eigenvalue weighted by molar-refractivity contribution is 1.30. The second-order valence-electron chi connectivity index (χ2n) is 14.5. The Kier molecular flexibility index (Phi) is 8.27. The molecule has 0 N–H and O–H groups in total. The molecule has 0 aliphatic heterocycles. The van der Waals surface area contributed by atoms with Crippen molar-refractivity contribution in [3.8, 4) is 22.3 Å². The zero-order chi connectivity index (χ0) is 37.6.